The van der Waals surface area contributed by atoms with E-state index in [0.717, 1.165) is 11.2 Å². The lowest BCUT2D eigenvalue weighted by Gasteiger charge is -2.06. The second-order valence-electron chi connectivity index (χ2n) is 2.91. The molecule has 1 aromatic heterocycles. The summed E-state index contributed by atoms with van der Waals surface area (Å²) < 4.78 is 9.55. The lowest BCUT2D eigenvalue weighted by atomic mass is 10.0. The average Bonchev–Trinajstić information content (AvgIpc) is 1.90. The van der Waals surface area contributed by atoms with Gasteiger partial charge in [-0.3, -0.25) is 9.15 Å². The Morgan fingerprint density at radius 2 is 2.18 bits per heavy atom. The third-order valence-corrected chi connectivity index (χ3v) is 1.78. The summed E-state index contributed by atoms with van der Waals surface area (Å²) in [5, 5.41) is 0. The largest absolute Gasteiger partial charge is 0.285 e. The zero-order valence-corrected chi connectivity index (χ0v) is 6.55. The van der Waals surface area contributed by atoms with E-state index in [-0.39, 0.29) is 0 Å². The molecule has 1 radical (unpaired) electrons. The number of hydrogen-bond donors (Lipinski definition) is 0. The lowest BCUT2D eigenvalue weighted by Crippen LogP contribution is -1.90. The summed E-state index contributed by atoms with van der Waals surface area (Å²) in [6.07, 6.45) is 0. The third-order valence-electron chi connectivity index (χ3n) is 1.78. The van der Waals surface area contributed by atoms with Crippen molar-refractivity contribution in [2.45, 2.75) is 19.8 Å². The van der Waals surface area contributed by atoms with Crippen molar-refractivity contribution in [2.75, 3.05) is 0 Å². The van der Waals surface area contributed by atoms with Gasteiger partial charge in [-0.15, -0.1) is 0 Å². The number of hydrogen-bond acceptors (Lipinski definition) is 2. The summed E-state index contributed by atoms with van der Waals surface area (Å²) in [6, 6.07) is 6.80. The highest BCUT2D eigenvalue weighted by Crippen LogP contribution is 2.27. The molecule has 0 spiro atoms. The van der Waals surface area contributed by atoms with Crippen LogP contribution < -0.4 is 0 Å². The minimum atomic E-state index is 0.474. The first kappa shape index (κ1) is 6.53. The molecule has 0 saturated carbocycles. The fraction of sp³-hybridized carbons (Fsp3) is 0.333. The van der Waals surface area contributed by atoms with Crippen molar-refractivity contribution in [1.29, 1.82) is 0 Å². The molecule has 0 N–H and O–H groups in total. The third kappa shape index (κ3) is 0.862. The first-order valence-electron chi connectivity index (χ1n) is 3.68. The van der Waals surface area contributed by atoms with Crippen LogP contribution in [0.3, 0.4) is 0 Å². The number of rotatable bonds is 1. The van der Waals surface area contributed by atoms with Crippen molar-refractivity contribution in [3.05, 3.63) is 23.8 Å². The van der Waals surface area contributed by atoms with Crippen LogP contribution in [0.4, 0.5) is 0 Å². The maximum atomic E-state index is 4.84. The monoisotopic (exact) mass is 149 g/mol. The maximum absolute atomic E-state index is 4.84. The second kappa shape index (κ2) is 2.16. The van der Waals surface area contributed by atoms with E-state index in [0.29, 0.717) is 5.92 Å². The summed E-state index contributed by atoms with van der Waals surface area (Å²) in [5.74, 6) is 0.474. The molecule has 57 valence electrons. The highest BCUT2D eigenvalue weighted by atomic mass is 17.0. The summed E-state index contributed by atoms with van der Waals surface area (Å²) in [6.45, 7) is 4.24. The summed E-state index contributed by atoms with van der Waals surface area (Å²) in [5.41, 5.74) is 2.77. The Kier molecular flexibility index (Phi) is 1.28. The van der Waals surface area contributed by atoms with Crippen LogP contribution in [0, 0.1) is 6.07 Å². The Morgan fingerprint density at radius 3 is 2.64 bits per heavy atom. The van der Waals surface area contributed by atoms with Gasteiger partial charge in [0.05, 0.1) is 0 Å². The van der Waals surface area contributed by atoms with Crippen LogP contribution in [0.5, 0.6) is 0 Å². The standard InChI is InChI=1S/C9H9O2/c1-6(2)7-4-3-5-8-9(7)11-10-8/h3-4,6H,1-2H3. The molecule has 11 heavy (non-hydrogen) atoms. The van der Waals surface area contributed by atoms with Crippen LogP contribution in [0.2, 0.25) is 0 Å². The van der Waals surface area contributed by atoms with Crippen molar-refractivity contribution in [1.82, 2.24) is 0 Å². The van der Waals surface area contributed by atoms with Crippen LogP contribution in [-0.2, 0) is 0 Å². The summed E-state index contributed by atoms with van der Waals surface area (Å²) in [7, 11) is 0. The first-order valence-corrected chi connectivity index (χ1v) is 3.68. The van der Waals surface area contributed by atoms with E-state index in [1.165, 1.54) is 5.56 Å². The fourth-order valence-corrected chi connectivity index (χ4v) is 1.13. The van der Waals surface area contributed by atoms with Gasteiger partial charge in [0, 0.05) is 11.6 Å². The van der Waals surface area contributed by atoms with E-state index in [1.807, 2.05) is 12.1 Å². The quantitative estimate of drug-likeness (QED) is 0.582. The van der Waals surface area contributed by atoms with Crippen molar-refractivity contribution < 1.29 is 9.15 Å². The smallest absolute Gasteiger partial charge is 0.233 e. The van der Waals surface area contributed by atoms with Gasteiger partial charge >= 0.3 is 0 Å². The van der Waals surface area contributed by atoms with Gasteiger partial charge < -0.3 is 0 Å². The van der Waals surface area contributed by atoms with E-state index in [1.54, 1.807) is 0 Å². The van der Waals surface area contributed by atoms with Crippen LogP contribution >= 0.6 is 0 Å². The lowest BCUT2D eigenvalue weighted by molar-refractivity contribution is 0.0576. The Balaban J connectivity index is 2.62. The van der Waals surface area contributed by atoms with Gasteiger partial charge in [0.2, 0.25) is 11.2 Å². The van der Waals surface area contributed by atoms with Gasteiger partial charge in [-0.25, -0.2) is 0 Å². The zero-order chi connectivity index (χ0) is 7.84. The molecule has 2 heteroatoms. The fourth-order valence-electron chi connectivity index (χ4n) is 1.13. The van der Waals surface area contributed by atoms with Crippen molar-refractivity contribution >= 4 is 11.2 Å². The highest BCUT2D eigenvalue weighted by Gasteiger charge is 2.12. The number of fused-ring (bicyclic) bond motifs is 1. The molecule has 0 aliphatic carbocycles. The highest BCUT2D eigenvalue weighted by molar-refractivity contribution is 5.74. The molecule has 0 bridgehead atoms. The molecule has 2 rings (SSSR count). The van der Waals surface area contributed by atoms with Crippen LogP contribution in [0.15, 0.2) is 21.3 Å². The van der Waals surface area contributed by atoms with Gasteiger partial charge in [-0.2, -0.15) is 0 Å². The summed E-state index contributed by atoms with van der Waals surface area (Å²) >= 11 is 0. The van der Waals surface area contributed by atoms with Crippen LogP contribution in [0.1, 0.15) is 25.3 Å². The maximum Gasteiger partial charge on any atom is 0.233 e. The Labute approximate surface area is 64.7 Å². The number of benzene rings is 1. The molecule has 0 atom stereocenters. The topological polar surface area (TPSA) is 26.3 Å². The predicted molar refractivity (Wildman–Crippen MR) is 41.4 cm³/mol. The Morgan fingerprint density at radius 1 is 1.36 bits per heavy atom. The van der Waals surface area contributed by atoms with E-state index >= 15 is 0 Å². The second-order valence-corrected chi connectivity index (χ2v) is 2.91. The molecule has 1 heterocycles. The Bertz CT molecular complexity index is 354. The molecule has 0 fully saturated rings. The van der Waals surface area contributed by atoms with E-state index in [4.69, 9.17) is 9.15 Å². The van der Waals surface area contributed by atoms with Gasteiger partial charge in [0.15, 0.2) is 0 Å². The Hall–Kier alpha value is -1.18. The molecule has 0 aliphatic rings. The van der Waals surface area contributed by atoms with Gasteiger partial charge in [-0.05, 0) is 12.0 Å². The van der Waals surface area contributed by atoms with E-state index in [2.05, 4.69) is 19.9 Å². The van der Waals surface area contributed by atoms with E-state index in [9.17, 15) is 0 Å². The normalized spacial score (nSPS) is 11.5. The van der Waals surface area contributed by atoms with Crippen LogP contribution in [-0.4, -0.2) is 0 Å². The van der Waals surface area contributed by atoms with Gasteiger partial charge in [0.25, 0.3) is 0 Å². The zero-order valence-electron chi connectivity index (χ0n) is 6.55. The van der Waals surface area contributed by atoms with Crippen molar-refractivity contribution in [2.24, 2.45) is 0 Å². The van der Waals surface area contributed by atoms with Crippen LogP contribution in [0.25, 0.3) is 11.2 Å². The van der Waals surface area contributed by atoms with Gasteiger partial charge in [-0.1, -0.05) is 19.9 Å². The average molecular weight is 149 g/mol. The summed E-state index contributed by atoms with van der Waals surface area (Å²) in [4.78, 5) is 0. The van der Waals surface area contributed by atoms with Crippen molar-refractivity contribution in [3.8, 4) is 0 Å². The molecular formula is C9H9O2. The SMILES string of the molecule is CC(C)c1cc[c]c2ooc12. The van der Waals surface area contributed by atoms with Crippen molar-refractivity contribution in [3.63, 3.8) is 0 Å². The molecule has 2 aromatic rings. The molecule has 1 aromatic carbocycles. The molecule has 0 unspecified atom stereocenters. The van der Waals surface area contributed by atoms with Gasteiger partial charge in [0.1, 0.15) is 0 Å². The molecule has 0 saturated heterocycles. The molecular weight excluding hydrogens is 140 g/mol. The minimum absolute atomic E-state index is 0.474. The van der Waals surface area contributed by atoms with E-state index < -0.39 is 0 Å². The predicted octanol–water partition coefficient (Wildman–Crippen LogP) is 2.95. The molecule has 2 nitrogen and oxygen atoms in total. The first-order chi connectivity index (χ1) is 5.29. The molecule has 0 aliphatic heterocycles. The minimum Gasteiger partial charge on any atom is -0.285 e. The molecule has 0 amide bonds.